The third kappa shape index (κ3) is 2.11. The van der Waals surface area contributed by atoms with Crippen LogP contribution in [0.1, 0.15) is 23.2 Å². The maximum Gasteiger partial charge on any atom is 0.356 e. The number of fused-ring (bicyclic) bond motifs is 1. The number of halogens is 1. The molecule has 0 aliphatic heterocycles. The van der Waals surface area contributed by atoms with E-state index in [9.17, 15) is 4.79 Å². The van der Waals surface area contributed by atoms with E-state index in [1.807, 2.05) is 6.92 Å². The van der Waals surface area contributed by atoms with Gasteiger partial charge in [-0.25, -0.2) is 9.78 Å². The third-order valence-electron chi connectivity index (χ3n) is 2.40. The van der Waals surface area contributed by atoms with Crippen molar-refractivity contribution in [3.8, 4) is 0 Å². The van der Waals surface area contributed by atoms with Crippen LogP contribution in [0.15, 0.2) is 18.3 Å². The molecule has 2 aromatic heterocycles. The fraction of sp³-hybridized carbons (Fsp3) is 0.273. The minimum absolute atomic E-state index is 0.0359. The molecule has 0 fully saturated rings. The van der Waals surface area contributed by atoms with Gasteiger partial charge in [0, 0.05) is 18.7 Å². The lowest BCUT2D eigenvalue weighted by molar-refractivity contribution is 0.0693. The summed E-state index contributed by atoms with van der Waals surface area (Å²) >= 11 is 6.00. The highest BCUT2D eigenvalue weighted by Crippen LogP contribution is 2.22. The van der Waals surface area contributed by atoms with Crippen LogP contribution in [0.2, 0.25) is 5.02 Å². The van der Waals surface area contributed by atoms with E-state index in [0.29, 0.717) is 22.8 Å². The number of aromatic carboxylic acids is 1. The highest BCUT2D eigenvalue weighted by molar-refractivity contribution is 6.34. The Morgan fingerprint density at radius 1 is 1.71 bits per heavy atom. The third-order valence-corrected chi connectivity index (χ3v) is 2.70. The molecule has 90 valence electrons. The van der Waals surface area contributed by atoms with Crippen LogP contribution < -0.4 is 5.73 Å². The number of carbonyl (C=O) groups is 1. The molecule has 5 nitrogen and oxygen atoms in total. The first-order chi connectivity index (χ1) is 8.00. The average molecular weight is 254 g/mol. The Kier molecular flexibility index (Phi) is 3.04. The molecule has 2 aromatic rings. The second kappa shape index (κ2) is 4.35. The number of hydrogen-bond donors (Lipinski definition) is 2. The minimum Gasteiger partial charge on any atom is -0.476 e. The molecule has 0 saturated carbocycles. The Balaban J connectivity index is 2.71. The second-order valence-corrected chi connectivity index (χ2v) is 4.35. The highest BCUT2D eigenvalue weighted by atomic mass is 35.5. The van der Waals surface area contributed by atoms with Gasteiger partial charge in [0.15, 0.2) is 5.69 Å². The van der Waals surface area contributed by atoms with E-state index >= 15 is 0 Å². The van der Waals surface area contributed by atoms with E-state index in [-0.39, 0.29) is 11.7 Å². The van der Waals surface area contributed by atoms with Crippen LogP contribution in [0.5, 0.6) is 0 Å². The SMILES string of the molecule is CC(N)Cc1nc(C(=O)O)c2c(Cl)cccn12. The van der Waals surface area contributed by atoms with Crippen LogP contribution in [-0.4, -0.2) is 26.5 Å². The van der Waals surface area contributed by atoms with Crippen molar-refractivity contribution in [3.63, 3.8) is 0 Å². The number of carboxylic acids is 1. The molecule has 0 radical (unpaired) electrons. The summed E-state index contributed by atoms with van der Waals surface area (Å²) in [6.45, 7) is 1.84. The van der Waals surface area contributed by atoms with Crippen LogP contribution in [-0.2, 0) is 6.42 Å². The van der Waals surface area contributed by atoms with Gasteiger partial charge >= 0.3 is 5.97 Å². The van der Waals surface area contributed by atoms with Gasteiger partial charge in [-0.2, -0.15) is 0 Å². The Bertz CT molecular complexity index is 577. The topological polar surface area (TPSA) is 80.6 Å². The molecule has 2 rings (SSSR count). The van der Waals surface area contributed by atoms with Crippen molar-refractivity contribution in [1.82, 2.24) is 9.38 Å². The van der Waals surface area contributed by atoms with E-state index in [1.165, 1.54) is 0 Å². The van der Waals surface area contributed by atoms with Crippen molar-refractivity contribution in [2.24, 2.45) is 5.73 Å². The Morgan fingerprint density at radius 3 is 3.00 bits per heavy atom. The lowest BCUT2D eigenvalue weighted by Gasteiger charge is -2.04. The van der Waals surface area contributed by atoms with E-state index in [0.717, 1.165) is 0 Å². The predicted molar refractivity (Wildman–Crippen MR) is 64.5 cm³/mol. The van der Waals surface area contributed by atoms with E-state index in [1.54, 1.807) is 22.7 Å². The fourth-order valence-electron chi connectivity index (χ4n) is 1.74. The van der Waals surface area contributed by atoms with Crippen molar-refractivity contribution in [2.45, 2.75) is 19.4 Å². The number of nitrogens with two attached hydrogens (primary N) is 1. The van der Waals surface area contributed by atoms with E-state index in [4.69, 9.17) is 22.4 Å². The zero-order valence-corrected chi connectivity index (χ0v) is 9.98. The van der Waals surface area contributed by atoms with Crippen molar-refractivity contribution in [3.05, 3.63) is 34.9 Å². The fourth-order valence-corrected chi connectivity index (χ4v) is 1.99. The maximum absolute atomic E-state index is 11.1. The van der Waals surface area contributed by atoms with Gasteiger partial charge in [-0.05, 0) is 19.1 Å². The minimum atomic E-state index is -1.09. The van der Waals surface area contributed by atoms with Crippen LogP contribution in [0.3, 0.4) is 0 Å². The zero-order chi connectivity index (χ0) is 12.6. The lowest BCUT2D eigenvalue weighted by Crippen LogP contribution is -2.19. The summed E-state index contributed by atoms with van der Waals surface area (Å²) in [5.74, 6) is -0.485. The first-order valence-electron chi connectivity index (χ1n) is 5.15. The largest absolute Gasteiger partial charge is 0.476 e. The molecule has 3 N–H and O–H groups in total. The molecule has 17 heavy (non-hydrogen) atoms. The summed E-state index contributed by atoms with van der Waals surface area (Å²) in [6, 6.07) is 3.29. The van der Waals surface area contributed by atoms with Crippen molar-refractivity contribution in [2.75, 3.05) is 0 Å². The molecule has 0 bridgehead atoms. The number of hydrogen-bond acceptors (Lipinski definition) is 3. The van der Waals surface area contributed by atoms with E-state index in [2.05, 4.69) is 4.98 Å². The van der Waals surface area contributed by atoms with Crippen LogP contribution >= 0.6 is 11.6 Å². The number of carboxylic acid groups (broad SMARTS) is 1. The van der Waals surface area contributed by atoms with Gasteiger partial charge in [0.2, 0.25) is 0 Å². The number of pyridine rings is 1. The Morgan fingerprint density at radius 2 is 2.41 bits per heavy atom. The van der Waals surface area contributed by atoms with Gasteiger partial charge in [-0.15, -0.1) is 0 Å². The molecule has 2 heterocycles. The molecule has 0 amide bonds. The number of aromatic nitrogens is 2. The van der Waals surface area contributed by atoms with Gasteiger partial charge < -0.3 is 15.2 Å². The van der Waals surface area contributed by atoms with Crippen molar-refractivity contribution < 1.29 is 9.90 Å². The van der Waals surface area contributed by atoms with Gasteiger partial charge in [0.1, 0.15) is 5.82 Å². The van der Waals surface area contributed by atoms with Gasteiger partial charge in [-0.1, -0.05) is 11.6 Å². The zero-order valence-electron chi connectivity index (χ0n) is 9.22. The molecule has 0 aromatic carbocycles. The molecule has 6 heteroatoms. The van der Waals surface area contributed by atoms with Gasteiger partial charge in [-0.3, -0.25) is 0 Å². The molecule has 0 aliphatic rings. The molecule has 0 aliphatic carbocycles. The molecule has 1 unspecified atom stereocenters. The monoisotopic (exact) mass is 253 g/mol. The summed E-state index contributed by atoms with van der Waals surface area (Å²) in [4.78, 5) is 15.2. The number of rotatable bonds is 3. The lowest BCUT2D eigenvalue weighted by atomic mass is 10.2. The molecular formula is C11H12ClN3O2. The maximum atomic E-state index is 11.1. The molecule has 1 atom stereocenters. The summed E-state index contributed by atoms with van der Waals surface area (Å²) in [6.07, 6.45) is 2.23. The van der Waals surface area contributed by atoms with Gasteiger partial charge in [0.25, 0.3) is 0 Å². The van der Waals surface area contributed by atoms with Crippen LogP contribution in [0.4, 0.5) is 0 Å². The quantitative estimate of drug-likeness (QED) is 0.870. The van der Waals surface area contributed by atoms with Crippen LogP contribution in [0, 0.1) is 0 Å². The molecular weight excluding hydrogens is 242 g/mol. The normalized spacial score (nSPS) is 12.9. The molecule has 0 saturated heterocycles. The summed E-state index contributed by atoms with van der Waals surface area (Å²) in [5.41, 5.74) is 6.08. The number of nitrogens with zero attached hydrogens (tertiary/aromatic N) is 2. The van der Waals surface area contributed by atoms with Crippen LogP contribution in [0.25, 0.3) is 5.52 Å². The standard InChI is InChI=1S/C11H12ClN3O2/c1-6(13)5-8-14-9(11(16)17)10-7(12)3-2-4-15(8)10/h2-4,6H,5,13H2,1H3,(H,16,17). The predicted octanol–water partition coefficient (Wildman–Crippen LogP) is 1.58. The second-order valence-electron chi connectivity index (χ2n) is 3.94. The first kappa shape index (κ1) is 11.9. The Labute approximate surface area is 103 Å². The molecule has 0 spiro atoms. The van der Waals surface area contributed by atoms with Gasteiger partial charge in [0.05, 0.1) is 10.5 Å². The average Bonchev–Trinajstić information content (AvgIpc) is 2.58. The summed E-state index contributed by atoms with van der Waals surface area (Å²) < 4.78 is 1.68. The van der Waals surface area contributed by atoms with Crippen molar-refractivity contribution >= 4 is 23.1 Å². The summed E-state index contributed by atoms with van der Waals surface area (Å²) in [5, 5.41) is 9.46. The smallest absolute Gasteiger partial charge is 0.356 e. The first-order valence-corrected chi connectivity index (χ1v) is 5.53. The van der Waals surface area contributed by atoms with E-state index < -0.39 is 5.97 Å². The Hall–Kier alpha value is -1.59. The summed E-state index contributed by atoms with van der Waals surface area (Å²) in [7, 11) is 0. The van der Waals surface area contributed by atoms with Crippen molar-refractivity contribution in [1.29, 1.82) is 0 Å². The highest BCUT2D eigenvalue weighted by Gasteiger charge is 2.19. The number of imidazole rings is 1.